The Morgan fingerprint density at radius 1 is 1.27 bits per heavy atom. The van der Waals surface area contributed by atoms with Crippen LogP contribution in [-0.4, -0.2) is 23.0 Å². The molecule has 0 bridgehead atoms. The largest absolute Gasteiger partial charge is 0.469 e. The maximum absolute atomic E-state index is 13.0. The molecule has 0 spiro atoms. The van der Waals surface area contributed by atoms with Gasteiger partial charge in [0.15, 0.2) is 5.15 Å². The van der Waals surface area contributed by atoms with Gasteiger partial charge in [-0.2, -0.15) is 0 Å². The van der Waals surface area contributed by atoms with Crippen LogP contribution in [0.2, 0.25) is 5.15 Å². The number of methoxy groups -OCH3 is 1. The van der Waals surface area contributed by atoms with Crippen LogP contribution in [0.25, 0.3) is 23.4 Å². The number of fused-ring (bicyclic) bond motifs is 1. The summed E-state index contributed by atoms with van der Waals surface area (Å²) >= 11 is 6.18. The van der Waals surface area contributed by atoms with Gasteiger partial charge in [0.25, 0.3) is 0 Å². The zero-order chi connectivity index (χ0) is 15.7. The van der Waals surface area contributed by atoms with Crippen molar-refractivity contribution in [1.82, 2.24) is 9.97 Å². The highest BCUT2D eigenvalue weighted by Crippen LogP contribution is 2.22. The number of aromatic nitrogens is 2. The molecule has 0 amide bonds. The second-order valence-electron chi connectivity index (χ2n) is 4.88. The van der Waals surface area contributed by atoms with Crippen molar-refractivity contribution in [2.75, 3.05) is 7.11 Å². The molecule has 0 saturated carbocycles. The van der Waals surface area contributed by atoms with E-state index in [1.54, 1.807) is 18.2 Å². The molecule has 4 nitrogen and oxygen atoms in total. The third-order valence-electron chi connectivity index (χ3n) is 3.45. The van der Waals surface area contributed by atoms with Gasteiger partial charge < -0.3 is 4.74 Å². The molecule has 0 radical (unpaired) electrons. The smallest absolute Gasteiger partial charge is 0.312 e. The van der Waals surface area contributed by atoms with Gasteiger partial charge in [0.05, 0.1) is 23.7 Å². The second kappa shape index (κ2) is 5.85. The minimum absolute atomic E-state index is 0.209. The predicted octanol–water partition coefficient (Wildman–Crippen LogP) is 1.69. The van der Waals surface area contributed by atoms with Crippen molar-refractivity contribution in [3.63, 3.8) is 0 Å². The Labute approximate surface area is 130 Å². The number of benzene rings is 1. The van der Waals surface area contributed by atoms with Crippen molar-refractivity contribution >= 4 is 29.7 Å². The van der Waals surface area contributed by atoms with Crippen LogP contribution in [0.5, 0.6) is 0 Å². The molecule has 1 aromatic carbocycles. The number of carbonyl (C=O) groups is 1. The lowest BCUT2D eigenvalue weighted by Crippen LogP contribution is -2.37. The summed E-state index contributed by atoms with van der Waals surface area (Å²) in [4.78, 5) is 20.4. The van der Waals surface area contributed by atoms with Gasteiger partial charge in [0.1, 0.15) is 11.5 Å². The molecule has 1 unspecified atom stereocenters. The van der Waals surface area contributed by atoms with Crippen LogP contribution >= 0.6 is 11.6 Å². The van der Waals surface area contributed by atoms with Crippen LogP contribution in [0, 0.1) is 11.7 Å². The van der Waals surface area contributed by atoms with Crippen molar-refractivity contribution in [2.24, 2.45) is 5.92 Å². The van der Waals surface area contributed by atoms with Crippen LogP contribution in [0.3, 0.4) is 0 Å². The molecule has 0 saturated heterocycles. The summed E-state index contributed by atoms with van der Waals surface area (Å²) in [7, 11) is 1.35. The summed E-state index contributed by atoms with van der Waals surface area (Å²) in [6.45, 7) is 0. The number of hydrogen-bond donors (Lipinski definition) is 0. The van der Waals surface area contributed by atoms with Crippen molar-refractivity contribution in [3.8, 4) is 11.3 Å². The Hall–Kier alpha value is -2.27. The van der Waals surface area contributed by atoms with Gasteiger partial charge in [0.2, 0.25) is 0 Å². The molecule has 1 aromatic heterocycles. The van der Waals surface area contributed by atoms with Gasteiger partial charge in [-0.25, -0.2) is 14.4 Å². The monoisotopic (exact) mass is 318 g/mol. The molecule has 1 atom stereocenters. The first-order chi connectivity index (χ1) is 10.6. The van der Waals surface area contributed by atoms with E-state index in [4.69, 9.17) is 16.3 Å². The molecule has 0 fully saturated rings. The summed E-state index contributed by atoms with van der Waals surface area (Å²) in [5.41, 5.74) is 1.17. The molecule has 112 valence electrons. The fourth-order valence-corrected chi connectivity index (χ4v) is 2.56. The van der Waals surface area contributed by atoms with Gasteiger partial charge in [-0.1, -0.05) is 17.7 Å². The fourth-order valence-electron chi connectivity index (χ4n) is 2.32. The van der Waals surface area contributed by atoms with Gasteiger partial charge in [-0.15, -0.1) is 0 Å². The molecule has 6 heteroatoms. The average Bonchev–Trinajstić information content (AvgIpc) is 2.54. The maximum Gasteiger partial charge on any atom is 0.312 e. The number of nitrogens with zero attached hydrogens (tertiary/aromatic N) is 2. The van der Waals surface area contributed by atoms with E-state index < -0.39 is 0 Å². The van der Waals surface area contributed by atoms with Crippen molar-refractivity contribution in [1.29, 1.82) is 0 Å². The van der Waals surface area contributed by atoms with Crippen molar-refractivity contribution < 1.29 is 13.9 Å². The molecule has 1 aliphatic carbocycles. The quantitative estimate of drug-likeness (QED) is 0.791. The molecule has 0 N–H and O–H groups in total. The van der Waals surface area contributed by atoms with Gasteiger partial charge in [-0.05, 0) is 36.8 Å². The Morgan fingerprint density at radius 3 is 2.68 bits per heavy atom. The highest BCUT2D eigenvalue weighted by atomic mass is 35.5. The van der Waals surface area contributed by atoms with Crippen LogP contribution in [0.1, 0.15) is 6.42 Å². The highest BCUT2D eigenvalue weighted by molar-refractivity contribution is 6.31. The van der Waals surface area contributed by atoms with E-state index in [9.17, 15) is 9.18 Å². The Kier molecular flexibility index (Phi) is 3.90. The number of ether oxygens (including phenoxy) is 1. The molecule has 1 aliphatic rings. The lowest BCUT2D eigenvalue weighted by Gasteiger charge is -2.11. The summed E-state index contributed by atoms with van der Waals surface area (Å²) in [5.74, 6) is -1.02. The first-order valence-corrected chi connectivity index (χ1v) is 7.05. The van der Waals surface area contributed by atoms with Crippen LogP contribution < -0.4 is 10.7 Å². The summed E-state index contributed by atoms with van der Waals surface area (Å²) in [6.07, 6.45) is 4.03. The van der Waals surface area contributed by atoms with E-state index in [0.717, 1.165) is 0 Å². The molecular formula is C16H12ClFN2O2. The summed E-state index contributed by atoms with van der Waals surface area (Å²) < 4.78 is 17.7. The predicted molar refractivity (Wildman–Crippen MR) is 80.7 cm³/mol. The topological polar surface area (TPSA) is 52.1 Å². The van der Waals surface area contributed by atoms with Crippen LogP contribution in [-0.2, 0) is 9.53 Å². The van der Waals surface area contributed by atoms with E-state index in [2.05, 4.69) is 9.97 Å². The van der Waals surface area contributed by atoms with Crippen molar-refractivity contribution in [3.05, 3.63) is 45.9 Å². The normalized spacial score (nSPS) is 16.2. The summed E-state index contributed by atoms with van der Waals surface area (Å²) in [5, 5.41) is 1.42. The minimum Gasteiger partial charge on any atom is -0.469 e. The van der Waals surface area contributed by atoms with Crippen LogP contribution in [0.15, 0.2) is 24.3 Å². The minimum atomic E-state index is -0.375. The lowest BCUT2D eigenvalue weighted by atomic mass is 10.0. The lowest BCUT2D eigenvalue weighted by molar-refractivity contribution is -0.143. The molecular weight excluding hydrogens is 307 g/mol. The zero-order valence-corrected chi connectivity index (χ0v) is 12.5. The fraction of sp³-hybridized carbons (Fsp3) is 0.188. The van der Waals surface area contributed by atoms with E-state index in [0.29, 0.717) is 28.4 Å². The first-order valence-electron chi connectivity index (χ1n) is 6.68. The van der Waals surface area contributed by atoms with E-state index in [-0.39, 0.29) is 22.9 Å². The van der Waals surface area contributed by atoms with E-state index in [1.807, 2.05) is 6.08 Å². The number of carbonyl (C=O) groups excluding carboxylic acids is 1. The number of esters is 1. The second-order valence-corrected chi connectivity index (χ2v) is 5.23. The Balaban J connectivity index is 2.09. The zero-order valence-electron chi connectivity index (χ0n) is 11.7. The average molecular weight is 319 g/mol. The molecule has 2 aromatic rings. The number of hydrogen-bond acceptors (Lipinski definition) is 4. The molecule has 3 rings (SSSR count). The van der Waals surface area contributed by atoms with Gasteiger partial charge in [-0.3, -0.25) is 4.79 Å². The highest BCUT2D eigenvalue weighted by Gasteiger charge is 2.19. The Bertz CT molecular complexity index is 850. The maximum atomic E-state index is 13.0. The first kappa shape index (κ1) is 14.7. The summed E-state index contributed by atoms with van der Waals surface area (Å²) in [6, 6.07) is 5.88. The number of rotatable bonds is 2. The standard InChI is InChI=1S/C16H12ClFN2O2/c1-22-16(21)10-4-7-12-13(8-10)20-15(17)14(19-12)9-2-5-11(18)6-3-9/h2-3,5-8,10H,4H2,1H3. The van der Waals surface area contributed by atoms with Crippen LogP contribution in [0.4, 0.5) is 4.39 Å². The van der Waals surface area contributed by atoms with E-state index >= 15 is 0 Å². The third kappa shape index (κ3) is 2.72. The molecule has 0 aliphatic heterocycles. The SMILES string of the molecule is COC(=O)C1C=c2nc(Cl)c(-c3ccc(F)cc3)nc2=CC1. The molecule has 22 heavy (non-hydrogen) atoms. The Morgan fingerprint density at radius 2 is 2.00 bits per heavy atom. The molecule has 1 heterocycles. The third-order valence-corrected chi connectivity index (χ3v) is 3.72. The van der Waals surface area contributed by atoms with Gasteiger partial charge >= 0.3 is 5.97 Å². The van der Waals surface area contributed by atoms with Gasteiger partial charge in [0, 0.05) is 5.56 Å². The van der Waals surface area contributed by atoms with E-state index in [1.165, 1.54) is 19.2 Å². The van der Waals surface area contributed by atoms with Crippen molar-refractivity contribution in [2.45, 2.75) is 6.42 Å². The number of halogens is 2.